The minimum absolute atomic E-state index is 0.247. The standard InChI is InChI=1S/C18H28N2O3/c1-14-6-2-3-10-20(14)18(22)13-19-9-4-7-15(19)12-16(21)17-8-5-11-23-17/h5,8,11,14-16,21H,2-4,6-7,9-10,12-13H2,1H3. The summed E-state index contributed by atoms with van der Waals surface area (Å²) < 4.78 is 5.29. The van der Waals surface area contributed by atoms with Gasteiger partial charge >= 0.3 is 0 Å². The molecule has 1 amide bonds. The summed E-state index contributed by atoms with van der Waals surface area (Å²) in [5.41, 5.74) is 0. The van der Waals surface area contributed by atoms with Crippen molar-refractivity contribution in [2.75, 3.05) is 19.6 Å². The third-order valence-electron chi connectivity index (χ3n) is 5.33. The molecule has 0 aliphatic carbocycles. The average Bonchev–Trinajstić information content (AvgIpc) is 3.20. The molecule has 0 spiro atoms. The number of carbonyl (C=O) groups is 1. The van der Waals surface area contributed by atoms with Gasteiger partial charge in [0.05, 0.1) is 12.8 Å². The Kier molecular flexibility index (Phi) is 5.38. The van der Waals surface area contributed by atoms with E-state index in [9.17, 15) is 9.90 Å². The van der Waals surface area contributed by atoms with Gasteiger partial charge in [-0.1, -0.05) is 0 Å². The highest BCUT2D eigenvalue weighted by Crippen LogP contribution is 2.28. The number of nitrogens with zero attached hydrogens (tertiary/aromatic N) is 2. The van der Waals surface area contributed by atoms with Crippen LogP contribution >= 0.6 is 0 Å². The second kappa shape index (κ2) is 7.49. The maximum Gasteiger partial charge on any atom is 0.236 e. The molecular weight excluding hydrogens is 292 g/mol. The minimum Gasteiger partial charge on any atom is -0.467 e. The van der Waals surface area contributed by atoms with E-state index in [1.54, 1.807) is 12.3 Å². The molecule has 2 aliphatic rings. The number of hydrogen-bond acceptors (Lipinski definition) is 4. The molecule has 1 N–H and O–H groups in total. The number of piperidine rings is 1. The maximum absolute atomic E-state index is 12.6. The number of amides is 1. The van der Waals surface area contributed by atoms with Crippen molar-refractivity contribution in [1.82, 2.24) is 9.80 Å². The number of rotatable bonds is 5. The molecule has 1 aromatic rings. The quantitative estimate of drug-likeness (QED) is 0.906. The molecule has 2 aliphatic heterocycles. The van der Waals surface area contributed by atoms with E-state index >= 15 is 0 Å². The van der Waals surface area contributed by atoms with Gasteiger partial charge in [0.2, 0.25) is 5.91 Å². The topological polar surface area (TPSA) is 56.9 Å². The van der Waals surface area contributed by atoms with Crippen molar-refractivity contribution in [2.45, 2.75) is 63.6 Å². The summed E-state index contributed by atoms with van der Waals surface area (Å²) in [4.78, 5) is 16.9. The molecule has 3 atom stereocenters. The molecule has 0 bridgehead atoms. The van der Waals surface area contributed by atoms with Crippen LogP contribution in [0.3, 0.4) is 0 Å². The highest BCUT2D eigenvalue weighted by molar-refractivity contribution is 5.78. The molecule has 128 valence electrons. The van der Waals surface area contributed by atoms with Gasteiger partial charge in [0.1, 0.15) is 11.9 Å². The zero-order chi connectivity index (χ0) is 16.2. The molecule has 2 fully saturated rings. The molecular formula is C18H28N2O3. The summed E-state index contributed by atoms with van der Waals surface area (Å²) in [5, 5.41) is 10.3. The van der Waals surface area contributed by atoms with Gasteiger partial charge in [0.15, 0.2) is 0 Å². The van der Waals surface area contributed by atoms with Crippen LogP contribution in [0.5, 0.6) is 0 Å². The summed E-state index contributed by atoms with van der Waals surface area (Å²) in [6.07, 6.45) is 7.25. The van der Waals surface area contributed by atoms with Crippen LogP contribution in [-0.2, 0) is 4.79 Å². The second-order valence-corrected chi connectivity index (χ2v) is 6.97. The van der Waals surface area contributed by atoms with Gasteiger partial charge in [0.25, 0.3) is 0 Å². The molecule has 0 aromatic carbocycles. The summed E-state index contributed by atoms with van der Waals surface area (Å²) >= 11 is 0. The van der Waals surface area contributed by atoms with Crippen LogP contribution in [0, 0.1) is 0 Å². The molecule has 1 aromatic heterocycles. The number of aliphatic hydroxyl groups excluding tert-OH is 1. The van der Waals surface area contributed by atoms with Crippen LogP contribution in [-0.4, -0.2) is 52.5 Å². The van der Waals surface area contributed by atoms with E-state index in [1.165, 1.54) is 6.42 Å². The number of aliphatic hydroxyl groups is 1. The highest BCUT2D eigenvalue weighted by Gasteiger charge is 2.31. The van der Waals surface area contributed by atoms with Crippen LogP contribution in [0.25, 0.3) is 0 Å². The van der Waals surface area contributed by atoms with Gasteiger partial charge in [-0.2, -0.15) is 0 Å². The maximum atomic E-state index is 12.6. The van der Waals surface area contributed by atoms with Crippen LogP contribution < -0.4 is 0 Å². The van der Waals surface area contributed by atoms with Gasteiger partial charge in [-0.15, -0.1) is 0 Å². The van der Waals surface area contributed by atoms with Crippen molar-refractivity contribution >= 4 is 5.91 Å². The summed E-state index contributed by atoms with van der Waals surface area (Å²) in [5.74, 6) is 0.865. The molecule has 0 radical (unpaired) electrons. The second-order valence-electron chi connectivity index (χ2n) is 6.97. The first kappa shape index (κ1) is 16.5. The van der Waals surface area contributed by atoms with Crippen molar-refractivity contribution in [2.24, 2.45) is 0 Å². The lowest BCUT2D eigenvalue weighted by Gasteiger charge is -2.35. The Morgan fingerprint density at radius 3 is 2.96 bits per heavy atom. The Morgan fingerprint density at radius 2 is 2.22 bits per heavy atom. The smallest absolute Gasteiger partial charge is 0.236 e. The van der Waals surface area contributed by atoms with Gasteiger partial charge < -0.3 is 14.4 Å². The molecule has 2 saturated heterocycles. The van der Waals surface area contributed by atoms with Gasteiger partial charge in [-0.3, -0.25) is 9.69 Å². The lowest BCUT2D eigenvalue weighted by atomic mass is 10.0. The molecule has 3 unspecified atom stereocenters. The monoisotopic (exact) mass is 320 g/mol. The van der Waals surface area contributed by atoms with Gasteiger partial charge in [-0.05, 0) is 64.1 Å². The SMILES string of the molecule is CC1CCCCN1C(=O)CN1CCCC1CC(O)c1ccco1. The summed E-state index contributed by atoms with van der Waals surface area (Å²) in [7, 11) is 0. The Labute approximate surface area is 138 Å². The lowest BCUT2D eigenvalue weighted by molar-refractivity contribution is -0.136. The number of furan rings is 1. The largest absolute Gasteiger partial charge is 0.467 e. The summed E-state index contributed by atoms with van der Waals surface area (Å²) in [6.45, 7) is 4.48. The first-order valence-electron chi connectivity index (χ1n) is 8.90. The van der Waals surface area contributed by atoms with Crippen LogP contribution in [0.1, 0.15) is 57.3 Å². The van der Waals surface area contributed by atoms with Crippen molar-refractivity contribution in [1.29, 1.82) is 0 Å². The predicted molar refractivity (Wildman–Crippen MR) is 87.9 cm³/mol. The molecule has 5 nitrogen and oxygen atoms in total. The van der Waals surface area contributed by atoms with E-state index in [2.05, 4.69) is 11.8 Å². The zero-order valence-corrected chi connectivity index (χ0v) is 14.0. The van der Waals surface area contributed by atoms with E-state index in [0.717, 1.165) is 38.8 Å². The van der Waals surface area contributed by atoms with Gasteiger partial charge in [-0.25, -0.2) is 0 Å². The third-order valence-corrected chi connectivity index (χ3v) is 5.33. The van der Waals surface area contributed by atoms with Crippen molar-refractivity contribution in [3.8, 4) is 0 Å². The zero-order valence-electron chi connectivity index (χ0n) is 14.0. The van der Waals surface area contributed by atoms with E-state index in [0.29, 0.717) is 24.8 Å². The Bertz CT molecular complexity index is 502. The van der Waals surface area contributed by atoms with Crippen molar-refractivity contribution in [3.05, 3.63) is 24.2 Å². The number of carbonyl (C=O) groups excluding carboxylic acids is 1. The van der Waals surface area contributed by atoms with Crippen LogP contribution in [0.15, 0.2) is 22.8 Å². The van der Waals surface area contributed by atoms with E-state index in [1.807, 2.05) is 11.0 Å². The first-order chi connectivity index (χ1) is 11.1. The third kappa shape index (κ3) is 3.96. The molecule has 3 heterocycles. The normalized spacial score (nSPS) is 27.3. The lowest BCUT2D eigenvalue weighted by Crippen LogP contribution is -2.47. The number of hydrogen-bond donors (Lipinski definition) is 1. The van der Waals surface area contributed by atoms with E-state index in [4.69, 9.17) is 4.42 Å². The first-order valence-corrected chi connectivity index (χ1v) is 8.90. The molecule has 3 rings (SSSR count). The fraction of sp³-hybridized carbons (Fsp3) is 0.722. The van der Waals surface area contributed by atoms with E-state index in [-0.39, 0.29) is 11.9 Å². The fourth-order valence-electron chi connectivity index (χ4n) is 3.96. The molecule has 23 heavy (non-hydrogen) atoms. The Morgan fingerprint density at radius 1 is 1.35 bits per heavy atom. The predicted octanol–water partition coefficient (Wildman–Crippen LogP) is 2.57. The van der Waals surface area contributed by atoms with Crippen LogP contribution in [0.2, 0.25) is 0 Å². The Hall–Kier alpha value is -1.33. The number of likely N-dealkylation sites (tertiary alicyclic amines) is 2. The minimum atomic E-state index is -0.584. The molecule has 0 saturated carbocycles. The highest BCUT2D eigenvalue weighted by atomic mass is 16.4. The van der Waals surface area contributed by atoms with E-state index < -0.39 is 6.10 Å². The summed E-state index contributed by atoms with van der Waals surface area (Å²) in [6, 6.07) is 4.24. The molecule has 5 heteroatoms. The Balaban J connectivity index is 1.55. The fourth-order valence-corrected chi connectivity index (χ4v) is 3.96. The van der Waals surface area contributed by atoms with Crippen molar-refractivity contribution in [3.63, 3.8) is 0 Å². The van der Waals surface area contributed by atoms with Gasteiger partial charge in [0, 0.05) is 18.6 Å². The van der Waals surface area contributed by atoms with Crippen molar-refractivity contribution < 1.29 is 14.3 Å². The van der Waals surface area contributed by atoms with Crippen LogP contribution in [0.4, 0.5) is 0 Å². The average molecular weight is 320 g/mol.